The van der Waals surface area contributed by atoms with Crippen LogP contribution in [0.25, 0.3) is 0 Å². The number of carbonyl (C=O) groups is 1. The normalized spacial score (nSPS) is 2.08. The summed E-state index contributed by atoms with van der Waals surface area (Å²) in [6.45, 7) is 0.972. The van der Waals surface area contributed by atoms with Gasteiger partial charge in [-0.15, -0.1) is 0 Å². The SMILES string of the molecule is CC(=O)[O-].O.O.O.O.O.O.O.[Na+]. The number of carboxylic acid groups (broad SMARTS) is 1. The molecule has 0 bridgehead atoms. The van der Waals surface area contributed by atoms with Gasteiger partial charge in [-0.1, -0.05) is 0 Å². The summed E-state index contributed by atoms with van der Waals surface area (Å²) in [5.74, 6) is -1.08. The molecule has 0 heterocycles. The third-order valence-corrected chi connectivity index (χ3v) is 0. The van der Waals surface area contributed by atoms with Crippen LogP contribution in [0.1, 0.15) is 6.92 Å². The molecule has 0 aliphatic rings. The van der Waals surface area contributed by atoms with Crippen LogP contribution in [-0.2, 0) is 4.79 Å². The van der Waals surface area contributed by atoms with E-state index >= 15 is 0 Å². The van der Waals surface area contributed by atoms with Gasteiger partial charge in [-0.05, 0) is 6.92 Å². The first-order chi connectivity index (χ1) is 1.73. The largest absolute Gasteiger partial charge is 1.00 e. The van der Waals surface area contributed by atoms with Gasteiger partial charge in [0.15, 0.2) is 0 Å². The van der Waals surface area contributed by atoms with Crippen molar-refractivity contribution in [2.45, 2.75) is 6.92 Å². The summed E-state index contributed by atoms with van der Waals surface area (Å²) in [5.41, 5.74) is 0. The van der Waals surface area contributed by atoms with Gasteiger partial charge in [0.2, 0.25) is 0 Å². The molecule has 0 atom stereocenters. The van der Waals surface area contributed by atoms with Crippen molar-refractivity contribution in [1.82, 2.24) is 0 Å². The summed E-state index contributed by atoms with van der Waals surface area (Å²) >= 11 is 0. The number of hydrogen-bond donors (Lipinski definition) is 0. The predicted octanol–water partition coefficient (Wildman–Crippen LogP) is -10.0. The first-order valence-electron chi connectivity index (χ1n) is 0.908. The van der Waals surface area contributed by atoms with Crippen LogP contribution in [0.5, 0.6) is 0 Å². The van der Waals surface area contributed by atoms with E-state index < -0.39 is 5.97 Å². The van der Waals surface area contributed by atoms with E-state index in [9.17, 15) is 0 Å². The molecule has 0 unspecified atom stereocenters. The topological polar surface area (TPSA) is 261 Å². The molecule has 0 aromatic carbocycles. The molecule has 0 rings (SSSR count). The predicted molar refractivity (Wildman–Crippen MR) is 36.0 cm³/mol. The van der Waals surface area contributed by atoms with E-state index in [4.69, 9.17) is 9.90 Å². The minimum atomic E-state index is -1.08. The van der Waals surface area contributed by atoms with Gasteiger partial charge in [0.1, 0.15) is 0 Å². The Balaban J connectivity index is -0.00000000161. The minimum absolute atomic E-state index is 0. The minimum Gasteiger partial charge on any atom is -0.550 e. The molecule has 80 valence electrons. The van der Waals surface area contributed by atoms with E-state index in [0.717, 1.165) is 6.92 Å². The first-order valence-corrected chi connectivity index (χ1v) is 0.908. The van der Waals surface area contributed by atoms with Gasteiger partial charge in [0.25, 0.3) is 0 Å². The van der Waals surface area contributed by atoms with Crippen molar-refractivity contribution in [2.24, 2.45) is 0 Å². The number of rotatable bonds is 0. The maximum Gasteiger partial charge on any atom is 1.00 e. The zero-order chi connectivity index (χ0) is 3.58. The Morgan fingerprint density at radius 3 is 0.833 bits per heavy atom. The Labute approximate surface area is 90.8 Å². The van der Waals surface area contributed by atoms with Crippen LogP contribution in [0.15, 0.2) is 0 Å². The Hall–Kier alpha value is 0.190. The summed E-state index contributed by atoms with van der Waals surface area (Å²) in [4.78, 5) is 8.89. The smallest absolute Gasteiger partial charge is 0.550 e. The van der Waals surface area contributed by atoms with Gasteiger partial charge >= 0.3 is 29.6 Å². The van der Waals surface area contributed by atoms with E-state index in [0.29, 0.717) is 0 Å². The first kappa shape index (κ1) is 150. The maximum atomic E-state index is 8.89. The molecule has 0 saturated carbocycles. The van der Waals surface area contributed by atoms with Gasteiger partial charge in [0.05, 0.1) is 0 Å². The molecule has 0 saturated heterocycles. The Bertz CT molecular complexity index is 35.5. The molecule has 14 N–H and O–H groups in total. The van der Waals surface area contributed by atoms with Crippen LogP contribution in [0.3, 0.4) is 0 Å². The van der Waals surface area contributed by atoms with Crippen molar-refractivity contribution in [1.29, 1.82) is 0 Å². The van der Waals surface area contributed by atoms with Crippen LogP contribution in [0.4, 0.5) is 0 Å². The van der Waals surface area contributed by atoms with Gasteiger partial charge in [-0.25, -0.2) is 0 Å². The van der Waals surface area contributed by atoms with Crippen LogP contribution < -0.4 is 34.7 Å². The van der Waals surface area contributed by atoms with Crippen molar-refractivity contribution >= 4 is 5.97 Å². The Kier molecular flexibility index (Phi) is 1430. The molecular weight excluding hydrogens is 191 g/mol. The fraction of sp³-hybridized carbons (Fsp3) is 0.500. The molecule has 12 heavy (non-hydrogen) atoms. The molecule has 9 nitrogen and oxygen atoms in total. The standard InChI is InChI=1S/C2H4O2.Na.7H2O/c1-2(3)4;;;;;;;;/h1H3,(H,3,4);;7*1H2/q;+1;;;;;;;/p-1. The summed E-state index contributed by atoms with van der Waals surface area (Å²) < 4.78 is 0. The van der Waals surface area contributed by atoms with Crippen molar-refractivity contribution in [3.63, 3.8) is 0 Å². The molecule has 0 aromatic heterocycles. The van der Waals surface area contributed by atoms with Gasteiger partial charge < -0.3 is 48.2 Å². The second-order valence-electron chi connectivity index (χ2n) is 0.492. The van der Waals surface area contributed by atoms with E-state index in [1.165, 1.54) is 0 Å². The quantitative estimate of drug-likeness (QED) is 0.350. The van der Waals surface area contributed by atoms with Gasteiger partial charge in [-0.2, -0.15) is 0 Å². The number of carbonyl (C=O) groups excluding carboxylic acids is 1. The maximum absolute atomic E-state index is 8.89. The fourth-order valence-electron chi connectivity index (χ4n) is 0. The number of carboxylic acids is 1. The van der Waals surface area contributed by atoms with Crippen molar-refractivity contribution in [3.05, 3.63) is 0 Å². The molecule has 0 spiro atoms. The van der Waals surface area contributed by atoms with E-state index in [2.05, 4.69) is 0 Å². The zero-order valence-corrected chi connectivity index (χ0v) is 8.82. The van der Waals surface area contributed by atoms with Crippen molar-refractivity contribution in [3.8, 4) is 0 Å². The molecular formula is C2H17NaO9. The molecule has 0 fully saturated rings. The number of hydrogen-bond acceptors (Lipinski definition) is 2. The Morgan fingerprint density at radius 1 is 0.833 bits per heavy atom. The van der Waals surface area contributed by atoms with Crippen LogP contribution >= 0.6 is 0 Å². The molecule has 0 aliphatic carbocycles. The molecule has 0 aliphatic heterocycles. The summed E-state index contributed by atoms with van der Waals surface area (Å²) in [7, 11) is 0. The second kappa shape index (κ2) is 114. The average Bonchev–Trinajstić information content (AvgIpc) is 0.811. The third kappa shape index (κ3) is 23800. The average molecular weight is 208 g/mol. The summed E-state index contributed by atoms with van der Waals surface area (Å²) in [6, 6.07) is 0. The van der Waals surface area contributed by atoms with Gasteiger partial charge in [-0.3, -0.25) is 0 Å². The van der Waals surface area contributed by atoms with Gasteiger partial charge in [0, 0.05) is 5.97 Å². The summed E-state index contributed by atoms with van der Waals surface area (Å²) in [6.07, 6.45) is 0. The van der Waals surface area contributed by atoms with Crippen LogP contribution in [0.2, 0.25) is 0 Å². The van der Waals surface area contributed by atoms with Crippen molar-refractivity contribution in [2.75, 3.05) is 0 Å². The molecule has 0 amide bonds. The monoisotopic (exact) mass is 208 g/mol. The third-order valence-electron chi connectivity index (χ3n) is 0. The molecule has 0 aromatic rings. The van der Waals surface area contributed by atoms with E-state index in [-0.39, 0.29) is 67.9 Å². The van der Waals surface area contributed by atoms with Crippen molar-refractivity contribution < 1.29 is 77.8 Å². The summed E-state index contributed by atoms with van der Waals surface area (Å²) in [5, 5.41) is 8.89. The van der Waals surface area contributed by atoms with E-state index in [1.54, 1.807) is 0 Å². The Morgan fingerprint density at radius 2 is 0.833 bits per heavy atom. The number of aliphatic carboxylic acids is 1. The zero-order valence-electron chi connectivity index (χ0n) is 6.82. The van der Waals surface area contributed by atoms with Crippen LogP contribution in [-0.4, -0.2) is 44.3 Å². The fourth-order valence-corrected chi connectivity index (χ4v) is 0. The second-order valence-corrected chi connectivity index (χ2v) is 0.492. The molecule has 0 radical (unpaired) electrons. The van der Waals surface area contributed by atoms with Crippen LogP contribution in [0, 0.1) is 0 Å². The van der Waals surface area contributed by atoms with E-state index in [1.807, 2.05) is 0 Å². The molecule has 10 heteroatoms.